The van der Waals surface area contributed by atoms with Crippen molar-refractivity contribution in [2.75, 3.05) is 6.54 Å². The number of carbonyl (C=O) groups excluding carboxylic acids is 1. The van der Waals surface area contributed by atoms with Crippen LogP contribution in [0.15, 0.2) is 0 Å². The van der Waals surface area contributed by atoms with Crippen LogP contribution in [0.3, 0.4) is 0 Å². The first-order chi connectivity index (χ1) is 10.0. The quantitative estimate of drug-likeness (QED) is 0.561. The van der Waals surface area contributed by atoms with Gasteiger partial charge in [0.25, 0.3) is 0 Å². The molecule has 0 spiro atoms. The largest absolute Gasteiger partial charge is 0.473 e. The molecular weight excluding hydrogens is 292 g/mol. The highest BCUT2D eigenvalue weighted by molar-refractivity contribution is 6.27. The molecule has 1 fully saturated rings. The molecule has 0 aromatic heterocycles. The molecule has 8 heteroatoms. The van der Waals surface area contributed by atoms with Gasteiger partial charge in [0.05, 0.1) is 0 Å². The lowest BCUT2D eigenvalue weighted by molar-refractivity contribution is -0.159. The number of alkyl carbamates (subject to hydrolysis) is 1. The summed E-state index contributed by atoms with van der Waals surface area (Å²) >= 11 is 0. The molecule has 128 valence electrons. The second kappa shape index (κ2) is 9.24. The number of hydrogen-bond donors (Lipinski definition) is 4. The Morgan fingerprint density at radius 3 is 1.86 bits per heavy atom. The molecule has 0 saturated heterocycles. The molecule has 1 aliphatic rings. The van der Waals surface area contributed by atoms with Gasteiger partial charge in [-0.15, -0.1) is 0 Å². The van der Waals surface area contributed by atoms with Gasteiger partial charge < -0.3 is 26.0 Å². The topological polar surface area (TPSA) is 139 Å². The number of carboxylic acid groups (broad SMARTS) is 2. The highest BCUT2D eigenvalue weighted by atomic mass is 16.6. The van der Waals surface area contributed by atoms with Gasteiger partial charge in [-0.05, 0) is 58.9 Å². The summed E-state index contributed by atoms with van der Waals surface area (Å²) in [5.41, 5.74) is 5.20. The second-order valence-corrected chi connectivity index (χ2v) is 6.21. The van der Waals surface area contributed by atoms with E-state index in [0.29, 0.717) is 5.92 Å². The molecule has 0 bridgehead atoms. The van der Waals surface area contributed by atoms with E-state index in [2.05, 4.69) is 5.32 Å². The standard InChI is InChI=1S/C12H24N2O2.C2H2O4/c1-12(2,3)16-11(15)14-10-6-4-9(8-13)5-7-10;3-1(4)2(5)6/h9-10H,4-8,13H2,1-3H3,(H,14,15);(H,3,4)(H,5,6). The summed E-state index contributed by atoms with van der Waals surface area (Å²) in [5.74, 6) is -3.01. The van der Waals surface area contributed by atoms with E-state index in [9.17, 15) is 4.79 Å². The van der Waals surface area contributed by atoms with Crippen molar-refractivity contribution in [2.45, 2.75) is 58.1 Å². The molecule has 22 heavy (non-hydrogen) atoms. The number of carbonyl (C=O) groups is 3. The Morgan fingerprint density at radius 2 is 1.55 bits per heavy atom. The van der Waals surface area contributed by atoms with Crippen LogP contribution in [0, 0.1) is 5.92 Å². The van der Waals surface area contributed by atoms with E-state index in [-0.39, 0.29) is 12.1 Å². The van der Waals surface area contributed by atoms with Gasteiger partial charge in [0.1, 0.15) is 5.60 Å². The maximum atomic E-state index is 11.5. The van der Waals surface area contributed by atoms with Crippen LogP contribution in [0.1, 0.15) is 46.5 Å². The van der Waals surface area contributed by atoms with Gasteiger partial charge >= 0.3 is 18.0 Å². The first kappa shape index (κ1) is 20.2. The molecule has 0 radical (unpaired) electrons. The zero-order chi connectivity index (χ0) is 17.3. The van der Waals surface area contributed by atoms with Crippen molar-refractivity contribution in [3.8, 4) is 0 Å². The van der Waals surface area contributed by atoms with Crippen molar-refractivity contribution >= 4 is 18.0 Å². The van der Waals surface area contributed by atoms with E-state index >= 15 is 0 Å². The Bertz CT molecular complexity index is 371. The molecule has 1 saturated carbocycles. The lowest BCUT2D eigenvalue weighted by Crippen LogP contribution is -2.41. The summed E-state index contributed by atoms with van der Waals surface area (Å²) < 4.78 is 5.22. The Morgan fingerprint density at radius 1 is 1.09 bits per heavy atom. The molecule has 0 aliphatic heterocycles. The van der Waals surface area contributed by atoms with Crippen molar-refractivity contribution in [1.29, 1.82) is 0 Å². The van der Waals surface area contributed by atoms with Crippen LogP contribution in [0.4, 0.5) is 4.79 Å². The number of carboxylic acids is 2. The normalized spacial score (nSPS) is 21.1. The fraction of sp³-hybridized carbons (Fsp3) is 0.786. The lowest BCUT2D eigenvalue weighted by atomic mass is 9.86. The number of nitrogens with two attached hydrogens (primary N) is 1. The van der Waals surface area contributed by atoms with Crippen molar-refractivity contribution in [1.82, 2.24) is 5.32 Å². The van der Waals surface area contributed by atoms with Crippen molar-refractivity contribution < 1.29 is 29.3 Å². The van der Waals surface area contributed by atoms with Gasteiger partial charge in [-0.1, -0.05) is 0 Å². The molecule has 0 aromatic rings. The maximum absolute atomic E-state index is 11.5. The highest BCUT2D eigenvalue weighted by Crippen LogP contribution is 2.23. The van der Waals surface area contributed by atoms with Gasteiger partial charge in [0.15, 0.2) is 0 Å². The minimum atomic E-state index is -1.82. The first-order valence-corrected chi connectivity index (χ1v) is 7.21. The van der Waals surface area contributed by atoms with E-state index in [1.165, 1.54) is 0 Å². The van der Waals surface area contributed by atoms with Gasteiger partial charge in [-0.2, -0.15) is 0 Å². The van der Waals surface area contributed by atoms with Crippen molar-refractivity contribution in [3.05, 3.63) is 0 Å². The maximum Gasteiger partial charge on any atom is 0.414 e. The monoisotopic (exact) mass is 318 g/mol. The summed E-state index contributed by atoms with van der Waals surface area (Å²) in [6, 6.07) is 0.262. The van der Waals surface area contributed by atoms with Gasteiger partial charge in [0.2, 0.25) is 0 Å². The Kier molecular flexibility index (Phi) is 8.47. The number of amides is 1. The van der Waals surface area contributed by atoms with E-state index in [0.717, 1.165) is 32.2 Å². The molecule has 1 amide bonds. The minimum Gasteiger partial charge on any atom is -0.473 e. The first-order valence-electron chi connectivity index (χ1n) is 7.21. The number of nitrogens with one attached hydrogen (secondary N) is 1. The third-order valence-corrected chi connectivity index (χ3v) is 3.08. The zero-order valence-electron chi connectivity index (χ0n) is 13.3. The smallest absolute Gasteiger partial charge is 0.414 e. The van der Waals surface area contributed by atoms with Crippen molar-refractivity contribution in [2.24, 2.45) is 11.7 Å². The predicted molar refractivity (Wildman–Crippen MR) is 79.4 cm³/mol. The van der Waals surface area contributed by atoms with Crippen LogP contribution in [0.2, 0.25) is 0 Å². The summed E-state index contributed by atoms with van der Waals surface area (Å²) in [6.45, 7) is 6.38. The SMILES string of the molecule is CC(C)(C)OC(=O)NC1CCC(CN)CC1.O=C(O)C(=O)O. The number of ether oxygens (including phenoxy) is 1. The summed E-state index contributed by atoms with van der Waals surface area (Å²) in [6.07, 6.45) is 3.94. The minimum absolute atomic E-state index is 0.262. The Balaban J connectivity index is 0.000000626. The Labute approximate surface area is 130 Å². The average Bonchev–Trinajstić information content (AvgIpc) is 2.38. The third-order valence-electron chi connectivity index (χ3n) is 3.08. The summed E-state index contributed by atoms with van der Waals surface area (Å²) in [4.78, 5) is 29.7. The molecular formula is C14H26N2O6. The summed E-state index contributed by atoms with van der Waals surface area (Å²) in [5, 5.41) is 17.7. The molecule has 0 aromatic carbocycles. The molecule has 1 rings (SSSR count). The fourth-order valence-electron chi connectivity index (χ4n) is 2.02. The van der Waals surface area contributed by atoms with Crippen molar-refractivity contribution in [3.63, 3.8) is 0 Å². The average molecular weight is 318 g/mol. The van der Waals surface area contributed by atoms with Crippen LogP contribution in [-0.2, 0) is 14.3 Å². The van der Waals surface area contributed by atoms with Gasteiger partial charge in [-0.25, -0.2) is 14.4 Å². The second-order valence-electron chi connectivity index (χ2n) is 6.21. The van der Waals surface area contributed by atoms with Crippen LogP contribution in [0.25, 0.3) is 0 Å². The predicted octanol–water partition coefficient (Wildman–Crippen LogP) is 1.18. The molecule has 0 atom stereocenters. The van der Waals surface area contributed by atoms with Gasteiger partial charge in [-0.3, -0.25) is 0 Å². The van der Waals surface area contributed by atoms with E-state index in [1.54, 1.807) is 0 Å². The molecule has 5 N–H and O–H groups in total. The molecule has 1 aliphatic carbocycles. The van der Waals surface area contributed by atoms with E-state index in [1.807, 2.05) is 20.8 Å². The lowest BCUT2D eigenvalue weighted by Gasteiger charge is -2.29. The molecule has 0 unspecified atom stereocenters. The van der Waals surface area contributed by atoms with Crippen LogP contribution in [0.5, 0.6) is 0 Å². The summed E-state index contributed by atoms with van der Waals surface area (Å²) in [7, 11) is 0. The number of aliphatic carboxylic acids is 2. The van der Waals surface area contributed by atoms with Gasteiger partial charge in [0, 0.05) is 6.04 Å². The number of hydrogen-bond acceptors (Lipinski definition) is 5. The van der Waals surface area contributed by atoms with Crippen LogP contribution in [-0.4, -0.2) is 46.4 Å². The van der Waals surface area contributed by atoms with Crippen LogP contribution < -0.4 is 11.1 Å². The fourth-order valence-corrected chi connectivity index (χ4v) is 2.02. The molecule has 0 heterocycles. The Hall–Kier alpha value is -1.83. The molecule has 8 nitrogen and oxygen atoms in total. The van der Waals surface area contributed by atoms with E-state index in [4.69, 9.17) is 30.3 Å². The number of rotatable bonds is 2. The zero-order valence-corrected chi connectivity index (χ0v) is 13.3. The van der Waals surface area contributed by atoms with E-state index < -0.39 is 17.5 Å². The third kappa shape index (κ3) is 9.98. The van der Waals surface area contributed by atoms with Crippen LogP contribution >= 0.6 is 0 Å². The highest BCUT2D eigenvalue weighted by Gasteiger charge is 2.23.